The lowest BCUT2D eigenvalue weighted by Crippen LogP contribution is -1.92. The van der Waals surface area contributed by atoms with Gasteiger partial charge in [0.2, 0.25) is 0 Å². The van der Waals surface area contributed by atoms with Crippen LogP contribution in [0.2, 0.25) is 0 Å². The van der Waals surface area contributed by atoms with Gasteiger partial charge in [0.1, 0.15) is 11.5 Å². The van der Waals surface area contributed by atoms with Crippen LogP contribution in [0.1, 0.15) is 0 Å². The predicted molar refractivity (Wildman–Crippen MR) is 133 cm³/mol. The number of para-hydroxylation sites is 2. The van der Waals surface area contributed by atoms with Gasteiger partial charge in [-0.25, -0.2) is 0 Å². The van der Waals surface area contributed by atoms with E-state index in [1.165, 1.54) is 16.7 Å². The van der Waals surface area contributed by atoms with Gasteiger partial charge in [0.05, 0.1) is 0 Å². The summed E-state index contributed by atoms with van der Waals surface area (Å²) < 4.78 is 6.28. The van der Waals surface area contributed by atoms with E-state index in [1.807, 2.05) is 30.3 Å². The van der Waals surface area contributed by atoms with Crippen molar-refractivity contribution in [1.29, 1.82) is 0 Å². The Morgan fingerprint density at radius 2 is 0.969 bits per heavy atom. The van der Waals surface area contributed by atoms with E-state index in [1.54, 1.807) is 0 Å². The first-order valence-electron chi connectivity index (χ1n) is 10.8. The van der Waals surface area contributed by atoms with Crippen molar-refractivity contribution in [2.75, 3.05) is 5.32 Å². The van der Waals surface area contributed by atoms with Crippen molar-refractivity contribution in [3.05, 3.63) is 121 Å². The smallest absolute Gasteiger partial charge is 0.135 e. The molecule has 0 spiro atoms. The van der Waals surface area contributed by atoms with E-state index in [4.69, 9.17) is 4.74 Å². The molecule has 1 aliphatic rings. The number of ether oxygens (including phenoxy) is 1. The van der Waals surface area contributed by atoms with Crippen LogP contribution in [0.5, 0.6) is 11.5 Å². The second-order valence-corrected chi connectivity index (χ2v) is 7.92. The molecule has 0 saturated carbocycles. The molecule has 152 valence electrons. The van der Waals surface area contributed by atoms with Gasteiger partial charge in [-0.1, -0.05) is 84.9 Å². The third-order valence-corrected chi connectivity index (χ3v) is 5.87. The van der Waals surface area contributed by atoms with Gasteiger partial charge in [-0.05, 0) is 58.7 Å². The van der Waals surface area contributed by atoms with E-state index in [0.717, 1.165) is 39.6 Å². The maximum Gasteiger partial charge on any atom is 0.135 e. The molecule has 1 N–H and O–H groups in total. The minimum Gasteiger partial charge on any atom is -0.456 e. The Balaban J connectivity index is 1.38. The van der Waals surface area contributed by atoms with Crippen LogP contribution in [-0.4, -0.2) is 0 Å². The first-order chi connectivity index (χ1) is 15.8. The number of fused-ring (bicyclic) bond motifs is 5. The molecule has 1 aliphatic heterocycles. The Morgan fingerprint density at radius 1 is 0.406 bits per heavy atom. The van der Waals surface area contributed by atoms with Crippen molar-refractivity contribution in [1.82, 2.24) is 0 Å². The molecular formula is C30H21NO. The monoisotopic (exact) mass is 411 g/mol. The Labute approximate surface area is 187 Å². The molecule has 2 nitrogen and oxygen atoms in total. The van der Waals surface area contributed by atoms with Crippen LogP contribution in [0.25, 0.3) is 33.4 Å². The predicted octanol–water partition coefficient (Wildman–Crippen LogP) is 8.54. The van der Waals surface area contributed by atoms with Crippen LogP contribution >= 0.6 is 0 Å². The highest BCUT2D eigenvalue weighted by Gasteiger charge is 2.20. The molecule has 0 amide bonds. The average molecular weight is 412 g/mol. The molecule has 0 saturated heterocycles. The maximum atomic E-state index is 6.28. The van der Waals surface area contributed by atoms with Crippen molar-refractivity contribution >= 4 is 11.4 Å². The lowest BCUT2D eigenvalue weighted by Gasteiger charge is -2.13. The van der Waals surface area contributed by atoms with E-state index in [2.05, 4.69) is 96.3 Å². The normalized spacial score (nSPS) is 11.4. The summed E-state index contributed by atoms with van der Waals surface area (Å²) in [6.07, 6.45) is 0. The molecule has 5 aromatic rings. The van der Waals surface area contributed by atoms with Gasteiger partial charge in [0, 0.05) is 22.5 Å². The molecule has 1 heterocycles. The molecule has 0 aliphatic carbocycles. The topological polar surface area (TPSA) is 21.3 Å². The molecule has 2 heteroatoms. The summed E-state index contributed by atoms with van der Waals surface area (Å²) in [6.45, 7) is 0. The second kappa shape index (κ2) is 7.75. The summed E-state index contributed by atoms with van der Waals surface area (Å²) in [6, 6.07) is 42.0. The number of rotatable bonds is 3. The second-order valence-electron chi connectivity index (χ2n) is 7.92. The fourth-order valence-corrected chi connectivity index (χ4v) is 4.30. The quantitative estimate of drug-likeness (QED) is 0.315. The molecule has 0 unspecified atom stereocenters. The molecule has 5 aromatic carbocycles. The third kappa shape index (κ3) is 3.32. The molecule has 32 heavy (non-hydrogen) atoms. The number of hydrogen-bond acceptors (Lipinski definition) is 2. The van der Waals surface area contributed by atoms with E-state index in [0.29, 0.717) is 0 Å². The van der Waals surface area contributed by atoms with Gasteiger partial charge in [-0.3, -0.25) is 0 Å². The van der Waals surface area contributed by atoms with Gasteiger partial charge in [-0.15, -0.1) is 0 Å². The van der Waals surface area contributed by atoms with Crippen molar-refractivity contribution in [3.8, 4) is 44.9 Å². The number of benzene rings is 5. The van der Waals surface area contributed by atoms with Gasteiger partial charge >= 0.3 is 0 Å². The molecule has 0 bridgehead atoms. The Hall–Kier alpha value is -4.30. The van der Waals surface area contributed by atoms with Crippen molar-refractivity contribution in [2.45, 2.75) is 0 Å². The Morgan fingerprint density at radius 3 is 1.69 bits per heavy atom. The van der Waals surface area contributed by atoms with Gasteiger partial charge < -0.3 is 10.1 Å². The fraction of sp³-hybridized carbons (Fsp3) is 0. The summed E-state index contributed by atoms with van der Waals surface area (Å²) in [5, 5.41) is 3.57. The van der Waals surface area contributed by atoms with Crippen LogP contribution in [0.4, 0.5) is 11.4 Å². The van der Waals surface area contributed by atoms with Crippen LogP contribution < -0.4 is 10.1 Å². The first kappa shape index (κ1) is 18.5. The summed E-state index contributed by atoms with van der Waals surface area (Å²) >= 11 is 0. The minimum atomic E-state index is 0.878. The maximum absolute atomic E-state index is 6.28. The van der Waals surface area contributed by atoms with Crippen LogP contribution in [0.3, 0.4) is 0 Å². The van der Waals surface area contributed by atoms with Crippen LogP contribution in [0.15, 0.2) is 121 Å². The summed E-state index contributed by atoms with van der Waals surface area (Å²) in [5.41, 5.74) is 9.08. The molecule has 0 fully saturated rings. The van der Waals surface area contributed by atoms with Gasteiger partial charge in [0.25, 0.3) is 0 Å². The molecule has 0 atom stereocenters. The Bertz CT molecular complexity index is 1400. The number of nitrogens with one attached hydrogen (secondary N) is 1. The molecular weight excluding hydrogens is 390 g/mol. The van der Waals surface area contributed by atoms with E-state index >= 15 is 0 Å². The van der Waals surface area contributed by atoms with Crippen LogP contribution in [-0.2, 0) is 0 Å². The fourth-order valence-electron chi connectivity index (χ4n) is 4.30. The molecule has 6 rings (SSSR count). The zero-order valence-corrected chi connectivity index (χ0v) is 17.5. The largest absolute Gasteiger partial charge is 0.456 e. The minimum absolute atomic E-state index is 0.878. The van der Waals surface area contributed by atoms with E-state index < -0.39 is 0 Å². The van der Waals surface area contributed by atoms with Crippen molar-refractivity contribution < 1.29 is 4.74 Å². The van der Waals surface area contributed by atoms with E-state index in [9.17, 15) is 0 Å². The SMILES string of the molecule is c1ccc(-c2ccc(Nc3ccc4c(c3)-c3ccccc3Oc3ccccc3-4)cc2)cc1. The van der Waals surface area contributed by atoms with Crippen molar-refractivity contribution in [2.24, 2.45) is 0 Å². The summed E-state index contributed by atoms with van der Waals surface area (Å²) in [5.74, 6) is 1.76. The summed E-state index contributed by atoms with van der Waals surface area (Å²) in [4.78, 5) is 0. The number of anilines is 2. The zero-order chi connectivity index (χ0) is 21.3. The zero-order valence-electron chi connectivity index (χ0n) is 17.5. The van der Waals surface area contributed by atoms with Crippen LogP contribution in [0, 0.1) is 0 Å². The highest BCUT2D eigenvalue weighted by atomic mass is 16.5. The third-order valence-electron chi connectivity index (χ3n) is 5.87. The van der Waals surface area contributed by atoms with Gasteiger partial charge in [0.15, 0.2) is 0 Å². The lowest BCUT2D eigenvalue weighted by atomic mass is 9.94. The van der Waals surface area contributed by atoms with Gasteiger partial charge in [-0.2, -0.15) is 0 Å². The average Bonchev–Trinajstić information content (AvgIpc) is 2.99. The summed E-state index contributed by atoms with van der Waals surface area (Å²) in [7, 11) is 0. The lowest BCUT2D eigenvalue weighted by molar-refractivity contribution is 0.488. The first-order valence-corrected chi connectivity index (χ1v) is 10.8. The number of hydrogen-bond donors (Lipinski definition) is 1. The molecule has 0 radical (unpaired) electrons. The Kier molecular flexibility index (Phi) is 4.47. The highest BCUT2D eigenvalue weighted by Crippen LogP contribution is 2.47. The highest BCUT2D eigenvalue weighted by molar-refractivity contribution is 5.92. The van der Waals surface area contributed by atoms with E-state index in [-0.39, 0.29) is 0 Å². The van der Waals surface area contributed by atoms with Crippen molar-refractivity contribution in [3.63, 3.8) is 0 Å². The standard InChI is InChI=1S/C30H21NO/c1-2-8-21(9-3-1)22-14-16-23(17-15-22)31-24-18-19-25-26-10-4-6-12-29(26)32-30-13-7-5-11-27(30)28(25)20-24/h1-20,31H. The molecule has 0 aromatic heterocycles.